The lowest BCUT2D eigenvalue weighted by Crippen LogP contribution is -2.20. The fraction of sp³-hybridized carbons (Fsp3) is 0.188. The third kappa shape index (κ3) is 2.20. The van der Waals surface area contributed by atoms with Gasteiger partial charge in [-0.05, 0) is 29.8 Å². The van der Waals surface area contributed by atoms with Gasteiger partial charge in [0.1, 0.15) is 17.6 Å². The monoisotopic (exact) mass is 269 g/mol. The van der Waals surface area contributed by atoms with Crippen molar-refractivity contribution < 1.29 is 14.7 Å². The van der Waals surface area contributed by atoms with Crippen molar-refractivity contribution in [2.75, 3.05) is 7.11 Å². The van der Waals surface area contributed by atoms with Crippen LogP contribution in [0, 0.1) is 0 Å². The number of ether oxygens (including phenoxy) is 2. The molecule has 1 heterocycles. The highest BCUT2D eigenvalue weighted by Crippen LogP contribution is 2.35. The Kier molecular flexibility index (Phi) is 3.29. The van der Waals surface area contributed by atoms with E-state index in [9.17, 15) is 5.21 Å². The van der Waals surface area contributed by atoms with E-state index in [0.29, 0.717) is 12.1 Å². The van der Waals surface area contributed by atoms with Gasteiger partial charge in [-0.2, -0.15) is 0 Å². The summed E-state index contributed by atoms with van der Waals surface area (Å²) < 4.78 is 11.1. The van der Waals surface area contributed by atoms with Gasteiger partial charge in [-0.3, -0.25) is 0 Å². The van der Waals surface area contributed by atoms with E-state index in [1.165, 1.54) is 0 Å². The minimum absolute atomic E-state index is 0.151. The summed E-state index contributed by atoms with van der Waals surface area (Å²) >= 11 is 0. The normalized spacial score (nSPS) is 19.2. The number of fused-ring (bicyclic) bond motifs is 1. The van der Waals surface area contributed by atoms with Crippen LogP contribution < -0.4 is 9.47 Å². The maximum Gasteiger partial charge on any atom is 0.129 e. The van der Waals surface area contributed by atoms with Gasteiger partial charge in [0.15, 0.2) is 0 Å². The van der Waals surface area contributed by atoms with Gasteiger partial charge in [0, 0.05) is 12.0 Å². The van der Waals surface area contributed by atoms with Gasteiger partial charge in [-0.15, -0.1) is 0 Å². The highest BCUT2D eigenvalue weighted by Gasteiger charge is 2.26. The van der Waals surface area contributed by atoms with Crippen LogP contribution in [0.1, 0.15) is 23.7 Å². The Morgan fingerprint density at radius 1 is 1.15 bits per heavy atom. The maximum atomic E-state index is 9.20. The molecule has 4 nitrogen and oxygen atoms in total. The van der Waals surface area contributed by atoms with Crippen molar-refractivity contribution in [3.63, 3.8) is 0 Å². The molecule has 3 rings (SSSR count). The molecule has 1 atom stereocenters. The first-order chi connectivity index (χ1) is 9.81. The third-order valence-electron chi connectivity index (χ3n) is 3.45. The molecule has 2 aromatic carbocycles. The fourth-order valence-corrected chi connectivity index (χ4v) is 2.39. The van der Waals surface area contributed by atoms with Crippen LogP contribution in [-0.2, 0) is 0 Å². The number of oxime groups is 1. The molecule has 20 heavy (non-hydrogen) atoms. The van der Waals surface area contributed by atoms with E-state index in [0.717, 1.165) is 22.6 Å². The average molecular weight is 269 g/mol. The Bertz CT molecular complexity index is 634. The van der Waals surface area contributed by atoms with Crippen molar-refractivity contribution in [1.82, 2.24) is 0 Å². The third-order valence-corrected chi connectivity index (χ3v) is 3.45. The summed E-state index contributed by atoms with van der Waals surface area (Å²) in [4.78, 5) is 0. The Hall–Kier alpha value is -2.49. The maximum absolute atomic E-state index is 9.20. The van der Waals surface area contributed by atoms with Crippen LogP contribution in [-0.4, -0.2) is 18.0 Å². The van der Waals surface area contributed by atoms with E-state index in [2.05, 4.69) is 5.16 Å². The molecule has 0 saturated carbocycles. The first-order valence-electron chi connectivity index (χ1n) is 6.42. The van der Waals surface area contributed by atoms with Crippen LogP contribution in [0.2, 0.25) is 0 Å². The molecule has 1 N–H and O–H groups in total. The predicted octanol–water partition coefficient (Wildman–Crippen LogP) is 3.40. The molecule has 1 aliphatic rings. The largest absolute Gasteiger partial charge is 0.497 e. The van der Waals surface area contributed by atoms with Crippen LogP contribution in [0.25, 0.3) is 0 Å². The lowest BCUT2D eigenvalue weighted by Gasteiger charge is -2.26. The lowest BCUT2D eigenvalue weighted by atomic mass is 9.95. The van der Waals surface area contributed by atoms with Crippen LogP contribution in [0.3, 0.4) is 0 Å². The Morgan fingerprint density at radius 2 is 1.90 bits per heavy atom. The van der Waals surface area contributed by atoms with Gasteiger partial charge >= 0.3 is 0 Å². The van der Waals surface area contributed by atoms with E-state index in [1.54, 1.807) is 7.11 Å². The van der Waals surface area contributed by atoms with Crippen LogP contribution in [0.15, 0.2) is 53.7 Å². The van der Waals surface area contributed by atoms with Crippen molar-refractivity contribution >= 4 is 5.71 Å². The second-order valence-electron chi connectivity index (χ2n) is 4.63. The minimum atomic E-state index is -0.151. The smallest absolute Gasteiger partial charge is 0.129 e. The molecule has 0 bridgehead atoms. The molecule has 0 saturated heterocycles. The highest BCUT2D eigenvalue weighted by atomic mass is 16.5. The van der Waals surface area contributed by atoms with Gasteiger partial charge in [0.05, 0.1) is 12.8 Å². The number of hydrogen-bond acceptors (Lipinski definition) is 4. The molecule has 0 amide bonds. The zero-order valence-electron chi connectivity index (χ0n) is 11.1. The molecule has 0 aliphatic carbocycles. The predicted molar refractivity (Wildman–Crippen MR) is 75.7 cm³/mol. The van der Waals surface area contributed by atoms with Crippen LogP contribution in [0.4, 0.5) is 0 Å². The van der Waals surface area contributed by atoms with Gasteiger partial charge in [0.25, 0.3) is 0 Å². The fourth-order valence-electron chi connectivity index (χ4n) is 2.39. The molecule has 0 spiro atoms. The van der Waals surface area contributed by atoms with Gasteiger partial charge in [-0.25, -0.2) is 0 Å². The Labute approximate surface area is 117 Å². The second-order valence-corrected chi connectivity index (χ2v) is 4.63. The number of para-hydroxylation sites is 1. The SMILES string of the molecule is COc1ccc([C@@H]2C/C(=N/O)c3ccccc3O2)cc1. The number of nitrogens with zero attached hydrogens (tertiary/aromatic N) is 1. The van der Waals surface area contributed by atoms with Crippen molar-refractivity contribution in [2.24, 2.45) is 5.16 Å². The molecule has 0 unspecified atom stereocenters. The first kappa shape index (κ1) is 12.5. The molecular weight excluding hydrogens is 254 g/mol. The lowest BCUT2D eigenvalue weighted by molar-refractivity contribution is 0.203. The van der Waals surface area contributed by atoms with Crippen molar-refractivity contribution in [3.05, 3.63) is 59.7 Å². The number of benzene rings is 2. The molecule has 1 aliphatic heterocycles. The molecule has 0 aromatic heterocycles. The Morgan fingerprint density at radius 3 is 2.60 bits per heavy atom. The quantitative estimate of drug-likeness (QED) is 0.671. The van der Waals surface area contributed by atoms with Crippen LogP contribution >= 0.6 is 0 Å². The number of hydrogen-bond donors (Lipinski definition) is 1. The molecule has 0 fully saturated rings. The average Bonchev–Trinajstić information content (AvgIpc) is 2.54. The summed E-state index contributed by atoms with van der Waals surface area (Å²) in [7, 11) is 1.64. The van der Waals surface area contributed by atoms with E-state index >= 15 is 0 Å². The molecule has 102 valence electrons. The highest BCUT2D eigenvalue weighted by molar-refractivity contribution is 6.03. The first-order valence-corrected chi connectivity index (χ1v) is 6.42. The summed E-state index contributed by atoms with van der Waals surface area (Å²) in [5.74, 6) is 1.55. The summed E-state index contributed by atoms with van der Waals surface area (Å²) in [6.07, 6.45) is 0.390. The zero-order valence-corrected chi connectivity index (χ0v) is 11.1. The molecule has 2 aromatic rings. The molecule has 4 heteroatoms. The summed E-state index contributed by atoms with van der Waals surface area (Å²) in [6, 6.07) is 15.3. The number of rotatable bonds is 2. The second kappa shape index (κ2) is 5.25. The van der Waals surface area contributed by atoms with E-state index in [1.807, 2.05) is 48.5 Å². The van der Waals surface area contributed by atoms with Crippen molar-refractivity contribution in [1.29, 1.82) is 0 Å². The van der Waals surface area contributed by atoms with Crippen molar-refractivity contribution in [2.45, 2.75) is 12.5 Å². The van der Waals surface area contributed by atoms with Gasteiger partial charge < -0.3 is 14.7 Å². The van der Waals surface area contributed by atoms with E-state index in [-0.39, 0.29) is 6.10 Å². The standard InChI is InChI=1S/C16H15NO3/c1-19-12-8-6-11(7-9-12)16-10-14(17-18)13-4-2-3-5-15(13)20-16/h2-9,16,18H,10H2,1H3/b17-14-/t16-/m0/s1. The van der Waals surface area contributed by atoms with Gasteiger partial charge in [0.2, 0.25) is 0 Å². The van der Waals surface area contributed by atoms with Gasteiger partial charge in [-0.1, -0.05) is 29.4 Å². The molecular formula is C16H15NO3. The van der Waals surface area contributed by atoms with E-state index < -0.39 is 0 Å². The van der Waals surface area contributed by atoms with Crippen LogP contribution in [0.5, 0.6) is 11.5 Å². The topological polar surface area (TPSA) is 51.0 Å². The Balaban J connectivity index is 1.93. The number of methoxy groups -OCH3 is 1. The van der Waals surface area contributed by atoms with E-state index in [4.69, 9.17) is 9.47 Å². The summed E-state index contributed by atoms with van der Waals surface area (Å²) in [5.41, 5.74) is 2.52. The zero-order chi connectivity index (χ0) is 13.9. The molecule has 0 radical (unpaired) electrons. The minimum Gasteiger partial charge on any atom is -0.497 e. The summed E-state index contributed by atoms with van der Waals surface area (Å²) in [6.45, 7) is 0. The van der Waals surface area contributed by atoms with Crippen molar-refractivity contribution in [3.8, 4) is 11.5 Å². The summed E-state index contributed by atoms with van der Waals surface area (Å²) in [5, 5.41) is 12.6.